The maximum atomic E-state index is 6.17. The molecule has 1 saturated heterocycles. The minimum atomic E-state index is 0.263. The van der Waals surface area contributed by atoms with Crippen molar-refractivity contribution in [3.63, 3.8) is 0 Å². The quantitative estimate of drug-likeness (QED) is 0.901. The summed E-state index contributed by atoms with van der Waals surface area (Å²) in [7, 11) is 0. The summed E-state index contributed by atoms with van der Waals surface area (Å²) in [5.74, 6) is 1.48. The van der Waals surface area contributed by atoms with E-state index in [-0.39, 0.29) is 6.04 Å². The van der Waals surface area contributed by atoms with Crippen LogP contribution >= 0.6 is 11.6 Å². The second-order valence-corrected chi connectivity index (χ2v) is 5.94. The van der Waals surface area contributed by atoms with Crippen LogP contribution in [0.3, 0.4) is 0 Å². The molecule has 0 aromatic heterocycles. The molecule has 2 heterocycles. The van der Waals surface area contributed by atoms with E-state index in [4.69, 9.17) is 26.8 Å². The molecule has 0 aliphatic carbocycles. The molecule has 1 aromatic carbocycles. The van der Waals surface area contributed by atoms with Crippen molar-refractivity contribution in [3.05, 3.63) is 28.3 Å². The molecule has 2 aliphatic heterocycles. The number of hydrogen-bond acceptors (Lipinski definition) is 4. The number of hydrogen-bond donors (Lipinski definition) is 1. The first kappa shape index (κ1) is 13.2. The van der Waals surface area contributed by atoms with Crippen molar-refractivity contribution in [2.45, 2.75) is 26.1 Å². The lowest BCUT2D eigenvalue weighted by molar-refractivity contribution is -0.0174. The van der Waals surface area contributed by atoms with Crippen molar-refractivity contribution >= 4 is 11.6 Å². The van der Waals surface area contributed by atoms with Gasteiger partial charge >= 0.3 is 0 Å². The van der Waals surface area contributed by atoms with Crippen molar-refractivity contribution in [2.75, 3.05) is 19.9 Å². The third kappa shape index (κ3) is 2.72. The van der Waals surface area contributed by atoms with E-state index in [1.165, 1.54) is 0 Å². The molecule has 5 heteroatoms. The number of ether oxygens (including phenoxy) is 2. The highest BCUT2D eigenvalue weighted by Gasteiger charge is 2.27. The lowest BCUT2D eigenvalue weighted by atomic mass is 10.1. The number of rotatable bonds is 2. The Morgan fingerprint density at radius 3 is 3.00 bits per heavy atom. The highest BCUT2D eigenvalue weighted by atomic mass is 35.5. The lowest BCUT2D eigenvalue weighted by Gasteiger charge is -2.23. The van der Waals surface area contributed by atoms with Crippen LogP contribution in [-0.4, -0.2) is 30.8 Å². The standard InChI is InChI=1S/C14H19ClN2O2/c1-9-4-17(6-13(9)16)5-10-2-12(15)3-11-7-18-8-19-14(10)11/h2-3,9,13H,4-8,16H2,1H3. The number of nitrogens with zero attached hydrogens (tertiary/aromatic N) is 1. The highest BCUT2D eigenvalue weighted by Crippen LogP contribution is 2.33. The van der Waals surface area contributed by atoms with Gasteiger partial charge in [0.25, 0.3) is 0 Å². The van der Waals surface area contributed by atoms with Crippen LogP contribution in [0.2, 0.25) is 5.02 Å². The van der Waals surface area contributed by atoms with Gasteiger partial charge in [-0.25, -0.2) is 0 Å². The van der Waals surface area contributed by atoms with E-state index < -0.39 is 0 Å². The smallest absolute Gasteiger partial charge is 0.189 e. The SMILES string of the molecule is CC1CN(Cc2cc(Cl)cc3c2OCOC3)CC1N. The number of nitrogens with two attached hydrogens (primary N) is 1. The van der Waals surface area contributed by atoms with E-state index in [9.17, 15) is 0 Å². The molecule has 19 heavy (non-hydrogen) atoms. The summed E-state index contributed by atoms with van der Waals surface area (Å²) in [6.45, 7) is 5.87. The fourth-order valence-electron chi connectivity index (χ4n) is 2.84. The predicted molar refractivity (Wildman–Crippen MR) is 74.2 cm³/mol. The van der Waals surface area contributed by atoms with Gasteiger partial charge in [-0.2, -0.15) is 0 Å². The van der Waals surface area contributed by atoms with E-state index in [0.29, 0.717) is 19.3 Å². The summed E-state index contributed by atoms with van der Waals surface area (Å²) in [4.78, 5) is 2.36. The molecule has 2 atom stereocenters. The maximum absolute atomic E-state index is 6.17. The summed E-state index contributed by atoms with van der Waals surface area (Å²) in [6, 6.07) is 4.16. The molecule has 0 spiro atoms. The molecule has 0 radical (unpaired) electrons. The molecular formula is C14H19ClN2O2. The minimum absolute atomic E-state index is 0.263. The van der Waals surface area contributed by atoms with Crippen LogP contribution in [0.1, 0.15) is 18.1 Å². The third-order valence-electron chi connectivity index (χ3n) is 3.89. The first-order valence-corrected chi connectivity index (χ1v) is 7.01. The van der Waals surface area contributed by atoms with Crippen molar-refractivity contribution < 1.29 is 9.47 Å². The molecule has 0 amide bonds. The topological polar surface area (TPSA) is 47.7 Å². The lowest BCUT2D eigenvalue weighted by Crippen LogP contribution is -2.28. The van der Waals surface area contributed by atoms with Crippen LogP contribution in [-0.2, 0) is 17.9 Å². The van der Waals surface area contributed by atoms with Gasteiger partial charge in [-0.05, 0) is 18.1 Å². The number of halogens is 1. The van der Waals surface area contributed by atoms with Crippen LogP contribution in [0.5, 0.6) is 5.75 Å². The van der Waals surface area contributed by atoms with Crippen LogP contribution < -0.4 is 10.5 Å². The number of fused-ring (bicyclic) bond motifs is 1. The highest BCUT2D eigenvalue weighted by molar-refractivity contribution is 6.30. The van der Waals surface area contributed by atoms with Gasteiger partial charge in [-0.1, -0.05) is 18.5 Å². The van der Waals surface area contributed by atoms with Gasteiger partial charge in [0.2, 0.25) is 0 Å². The van der Waals surface area contributed by atoms with Crippen LogP contribution in [0.4, 0.5) is 0 Å². The second kappa shape index (κ2) is 5.29. The summed E-state index contributed by atoms with van der Waals surface area (Å²) in [6.07, 6.45) is 0. The average molecular weight is 283 g/mol. The minimum Gasteiger partial charge on any atom is -0.467 e. The Balaban J connectivity index is 1.82. The molecule has 2 aliphatic rings. The molecule has 104 valence electrons. The molecule has 4 nitrogen and oxygen atoms in total. The zero-order chi connectivity index (χ0) is 13.4. The Labute approximate surface area is 118 Å². The predicted octanol–water partition coefficient (Wildman–Crippen LogP) is 1.99. The normalized spacial score (nSPS) is 27.1. The summed E-state index contributed by atoms with van der Waals surface area (Å²) in [5, 5.41) is 0.736. The molecule has 1 aromatic rings. The van der Waals surface area contributed by atoms with E-state index >= 15 is 0 Å². The molecule has 3 rings (SSSR count). The zero-order valence-electron chi connectivity index (χ0n) is 11.1. The third-order valence-corrected chi connectivity index (χ3v) is 4.11. The summed E-state index contributed by atoms with van der Waals surface area (Å²) in [5.41, 5.74) is 8.24. The average Bonchev–Trinajstić information content (AvgIpc) is 2.68. The molecule has 2 N–H and O–H groups in total. The van der Waals surface area contributed by atoms with E-state index in [0.717, 1.165) is 41.5 Å². The Hall–Kier alpha value is -0.810. The molecular weight excluding hydrogens is 264 g/mol. The van der Waals surface area contributed by atoms with Gasteiger partial charge in [-0.15, -0.1) is 0 Å². The van der Waals surface area contributed by atoms with Gasteiger partial charge < -0.3 is 15.2 Å². The van der Waals surface area contributed by atoms with Gasteiger partial charge in [-0.3, -0.25) is 4.90 Å². The molecule has 0 bridgehead atoms. The second-order valence-electron chi connectivity index (χ2n) is 5.50. The Bertz CT molecular complexity index is 471. The summed E-state index contributed by atoms with van der Waals surface area (Å²) >= 11 is 6.17. The Morgan fingerprint density at radius 1 is 1.42 bits per heavy atom. The van der Waals surface area contributed by atoms with Crippen LogP contribution in [0.25, 0.3) is 0 Å². The molecule has 0 saturated carbocycles. The fourth-order valence-corrected chi connectivity index (χ4v) is 3.10. The Morgan fingerprint density at radius 2 is 2.26 bits per heavy atom. The van der Waals surface area contributed by atoms with E-state index in [2.05, 4.69) is 11.8 Å². The van der Waals surface area contributed by atoms with Crippen molar-refractivity contribution in [1.29, 1.82) is 0 Å². The van der Waals surface area contributed by atoms with Gasteiger partial charge in [0.05, 0.1) is 6.61 Å². The molecule has 2 unspecified atom stereocenters. The van der Waals surface area contributed by atoms with Gasteiger partial charge in [0.15, 0.2) is 6.79 Å². The zero-order valence-corrected chi connectivity index (χ0v) is 11.8. The monoisotopic (exact) mass is 282 g/mol. The van der Waals surface area contributed by atoms with Gasteiger partial charge in [0.1, 0.15) is 5.75 Å². The first-order chi connectivity index (χ1) is 9.13. The summed E-state index contributed by atoms with van der Waals surface area (Å²) < 4.78 is 10.9. The number of benzene rings is 1. The molecule has 1 fully saturated rings. The van der Waals surface area contributed by atoms with E-state index in [1.54, 1.807) is 0 Å². The van der Waals surface area contributed by atoms with Gasteiger partial charge in [0, 0.05) is 41.8 Å². The van der Waals surface area contributed by atoms with Crippen LogP contribution in [0.15, 0.2) is 12.1 Å². The van der Waals surface area contributed by atoms with Crippen molar-refractivity contribution in [3.8, 4) is 5.75 Å². The maximum Gasteiger partial charge on any atom is 0.189 e. The fraction of sp³-hybridized carbons (Fsp3) is 0.571. The Kier molecular flexibility index (Phi) is 3.67. The van der Waals surface area contributed by atoms with Crippen LogP contribution in [0, 0.1) is 5.92 Å². The first-order valence-electron chi connectivity index (χ1n) is 6.63. The van der Waals surface area contributed by atoms with Crippen molar-refractivity contribution in [2.24, 2.45) is 11.7 Å². The van der Waals surface area contributed by atoms with E-state index in [1.807, 2.05) is 12.1 Å². The van der Waals surface area contributed by atoms with Crippen molar-refractivity contribution in [1.82, 2.24) is 4.90 Å². The number of likely N-dealkylation sites (tertiary alicyclic amines) is 1. The largest absolute Gasteiger partial charge is 0.467 e.